The fourth-order valence-corrected chi connectivity index (χ4v) is 2.24. The summed E-state index contributed by atoms with van der Waals surface area (Å²) >= 11 is 0. The van der Waals surface area contributed by atoms with Crippen LogP contribution in [0.1, 0.15) is 40.0 Å². The van der Waals surface area contributed by atoms with Crippen molar-refractivity contribution >= 4 is 17.7 Å². The molecule has 0 aliphatic heterocycles. The van der Waals surface area contributed by atoms with Crippen LogP contribution in [-0.2, 0) is 9.53 Å². The van der Waals surface area contributed by atoms with Crippen LogP contribution in [0.25, 0.3) is 0 Å². The fourth-order valence-electron chi connectivity index (χ4n) is 2.24. The second-order valence-corrected chi connectivity index (χ2v) is 6.92. The summed E-state index contributed by atoms with van der Waals surface area (Å²) in [6.45, 7) is 6.28. The molecule has 1 aromatic carbocycles. The number of carbonyl (C=O) groups excluding carboxylic acids is 2. The quantitative estimate of drug-likeness (QED) is 0.782. The minimum atomic E-state index is -0.545. The zero-order valence-corrected chi connectivity index (χ0v) is 14.6. The van der Waals surface area contributed by atoms with Gasteiger partial charge in [0.15, 0.2) is 0 Å². The van der Waals surface area contributed by atoms with E-state index in [1.54, 1.807) is 24.3 Å². The standard InChI is InChI=1S/C18H26N2O4/c1-18(2,3)24-17(22)20-14-8-5-9-15(12-14)23-11-10-19-16(21)13-6-4-7-13/h5,8-9,12-13H,4,6-7,10-11H2,1-3H3,(H,19,21)(H,20,22). The van der Waals surface area contributed by atoms with E-state index < -0.39 is 11.7 Å². The molecule has 0 spiro atoms. The predicted octanol–water partition coefficient (Wildman–Crippen LogP) is 3.33. The molecule has 24 heavy (non-hydrogen) atoms. The number of ether oxygens (including phenoxy) is 2. The van der Waals surface area contributed by atoms with Gasteiger partial charge in [0.25, 0.3) is 0 Å². The number of anilines is 1. The molecule has 132 valence electrons. The van der Waals surface area contributed by atoms with Crippen molar-refractivity contribution in [1.82, 2.24) is 5.32 Å². The highest BCUT2D eigenvalue weighted by Gasteiger charge is 2.24. The van der Waals surface area contributed by atoms with Gasteiger partial charge in [0.2, 0.25) is 5.91 Å². The first-order chi connectivity index (χ1) is 11.3. The third-order valence-electron chi connectivity index (χ3n) is 3.63. The van der Waals surface area contributed by atoms with Gasteiger partial charge in [0.1, 0.15) is 18.0 Å². The van der Waals surface area contributed by atoms with E-state index in [9.17, 15) is 9.59 Å². The van der Waals surface area contributed by atoms with Crippen LogP contribution in [0.5, 0.6) is 5.75 Å². The van der Waals surface area contributed by atoms with Gasteiger partial charge >= 0.3 is 6.09 Å². The average molecular weight is 334 g/mol. The Morgan fingerprint density at radius 3 is 2.62 bits per heavy atom. The lowest BCUT2D eigenvalue weighted by Gasteiger charge is -2.24. The van der Waals surface area contributed by atoms with Gasteiger partial charge in [-0.3, -0.25) is 10.1 Å². The molecule has 0 radical (unpaired) electrons. The van der Waals surface area contributed by atoms with Crippen LogP contribution in [0.4, 0.5) is 10.5 Å². The smallest absolute Gasteiger partial charge is 0.412 e. The van der Waals surface area contributed by atoms with E-state index in [1.165, 1.54) is 0 Å². The Morgan fingerprint density at radius 1 is 1.25 bits per heavy atom. The van der Waals surface area contributed by atoms with Gasteiger partial charge in [-0.15, -0.1) is 0 Å². The third kappa shape index (κ3) is 6.10. The molecule has 0 unspecified atom stereocenters. The Balaban J connectivity index is 1.73. The maximum Gasteiger partial charge on any atom is 0.412 e. The first-order valence-electron chi connectivity index (χ1n) is 8.34. The lowest BCUT2D eigenvalue weighted by Crippen LogP contribution is -2.36. The lowest BCUT2D eigenvalue weighted by molar-refractivity contribution is -0.127. The fraction of sp³-hybridized carbons (Fsp3) is 0.556. The van der Waals surface area contributed by atoms with E-state index in [0.29, 0.717) is 24.6 Å². The highest BCUT2D eigenvalue weighted by Crippen LogP contribution is 2.26. The van der Waals surface area contributed by atoms with Crippen LogP contribution >= 0.6 is 0 Å². The molecule has 6 heteroatoms. The third-order valence-corrected chi connectivity index (χ3v) is 3.63. The first kappa shape index (κ1) is 18.1. The van der Waals surface area contributed by atoms with Crippen LogP contribution in [0.2, 0.25) is 0 Å². The van der Waals surface area contributed by atoms with E-state index >= 15 is 0 Å². The van der Waals surface area contributed by atoms with Crippen LogP contribution < -0.4 is 15.4 Å². The number of carbonyl (C=O) groups is 2. The topological polar surface area (TPSA) is 76.7 Å². The maximum atomic E-state index is 11.8. The van der Waals surface area contributed by atoms with Gasteiger partial charge in [-0.1, -0.05) is 12.5 Å². The number of hydrogen-bond acceptors (Lipinski definition) is 4. The number of rotatable bonds is 6. The van der Waals surface area contributed by atoms with Gasteiger partial charge in [-0.05, 0) is 45.7 Å². The Morgan fingerprint density at radius 2 is 2.00 bits per heavy atom. The number of benzene rings is 1. The summed E-state index contributed by atoms with van der Waals surface area (Å²) in [5, 5.41) is 5.54. The lowest BCUT2D eigenvalue weighted by atomic mass is 9.85. The van der Waals surface area contributed by atoms with Gasteiger partial charge in [-0.2, -0.15) is 0 Å². The van der Waals surface area contributed by atoms with E-state index in [2.05, 4.69) is 10.6 Å². The van der Waals surface area contributed by atoms with Crippen molar-refractivity contribution in [3.63, 3.8) is 0 Å². The monoisotopic (exact) mass is 334 g/mol. The SMILES string of the molecule is CC(C)(C)OC(=O)Nc1cccc(OCCNC(=O)C2CCC2)c1. The number of hydrogen-bond donors (Lipinski definition) is 2. The zero-order valence-electron chi connectivity index (χ0n) is 14.6. The highest BCUT2D eigenvalue weighted by atomic mass is 16.6. The Hall–Kier alpha value is -2.24. The van der Waals surface area contributed by atoms with Crippen molar-refractivity contribution in [2.24, 2.45) is 5.92 Å². The molecular weight excluding hydrogens is 308 g/mol. The van der Waals surface area contributed by atoms with Crippen molar-refractivity contribution in [2.75, 3.05) is 18.5 Å². The molecule has 1 aliphatic carbocycles. The summed E-state index contributed by atoms with van der Waals surface area (Å²) < 4.78 is 10.8. The van der Waals surface area contributed by atoms with Crippen LogP contribution in [0.3, 0.4) is 0 Å². The molecule has 1 saturated carbocycles. The summed E-state index contributed by atoms with van der Waals surface area (Å²) in [4.78, 5) is 23.4. The predicted molar refractivity (Wildman–Crippen MR) is 92.1 cm³/mol. The van der Waals surface area contributed by atoms with Crippen LogP contribution in [0.15, 0.2) is 24.3 Å². The van der Waals surface area contributed by atoms with E-state index in [4.69, 9.17) is 9.47 Å². The number of nitrogens with one attached hydrogen (secondary N) is 2. The zero-order chi connectivity index (χ0) is 17.6. The van der Waals surface area contributed by atoms with Gasteiger partial charge < -0.3 is 14.8 Å². The van der Waals surface area contributed by atoms with Gasteiger partial charge in [-0.25, -0.2) is 4.79 Å². The summed E-state index contributed by atoms with van der Waals surface area (Å²) in [6.07, 6.45) is 2.62. The normalized spacial score (nSPS) is 14.5. The second kappa shape index (κ2) is 8.04. The Bertz CT molecular complexity index is 577. The van der Waals surface area contributed by atoms with E-state index in [0.717, 1.165) is 19.3 Å². The van der Waals surface area contributed by atoms with Crippen molar-refractivity contribution in [2.45, 2.75) is 45.6 Å². The van der Waals surface area contributed by atoms with Gasteiger partial charge in [0, 0.05) is 17.7 Å². The first-order valence-corrected chi connectivity index (χ1v) is 8.34. The molecular formula is C18H26N2O4. The van der Waals surface area contributed by atoms with Crippen molar-refractivity contribution in [1.29, 1.82) is 0 Å². The Labute approximate surface area is 142 Å². The molecule has 0 heterocycles. The molecule has 0 saturated heterocycles. The van der Waals surface area contributed by atoms with Crippen molar-refractivity contribution < 1.29 is 19.1 Å². The molecule has 0 bridgehead atoms. The molecule has 1 fully saturated rings. The van der Waals surface area contributed by atoms with E-state index in [-0.39, 0.29) is 11.8 Å². The minimum Gasteiger partial charge on any atom is -0.492 e. The molecule has 2 amide bonds. The van der Waals surface area contributed by atoms with Crippen LogP contribution in [0, 0.1) is 5.92 Å². The van der Waals surface area contributed by atoms with Crippen molar-refractivity contribution in [3.8, 4) is 5.75 Å². The molecule has 0 atom stereocenters. The molecule has 2 N–H and O–H groups in total. The van der Waals surface area contributed by atoms with E-state index in [1.807, 2.05) is 20.8 Å². The van der Waals surface area contributed by atoms with Crippen LogP contribution in [-0.4, -0.2) is 30.8 Å². The summed E-state index contributed by atoms with van der Waals surface area (Å²) in [5.41, 5.74) is 0.0527. The van der Waals surface area contributed by atoms with Gasteiger partial charge in [0.05, 0.1) is 6.54 Å². The second-order valence-electron chi connectivity index (χ2n) is 6.92. The minimum absolute atomic E-state index is 0.116. The number of amides is 2. The summed E-state index contributed by atoms with van der Waals surface area (Å²) in [7, 11) is 0. The largest absolute Gasteiger partial charge is 0.492 e. The molecule has 6 nitrogen and oxygen atoms in total. The summed E-state index contributed by atoms with van der Waals surface area (Å²) in [5.74, 6) is 0.929. The average Bonchev–Trinajstić information content (AvgIpc) is 2.40. The molecule has 1 aliphatic rings. The maximum absolute atomic E-state index is 11.8. The molecule has 1 aromatic rings. The summed E-state index contributed by atoms with van der Waals surface area (Å²) in [6, 6.07) is 7.07. The Kier molecular flexibility index (Phi) is 6.06. The van der Waals surface area contributed by atoms with Crippen molar-refractivity contribution in [3.05, 3.63) is 24.3 Å². The molecule has 2 rings (SSSR count). The highest BCUT2D eigenvalue weighted by molar-refractivity contribution is 5.85. The molecule has 0 aromatic heterocycles.